The monoisotopic (exact) mass is 344 g/mol. The zero-order valence-electron chi connectivity index (χ0n) is 14.6. The summed E-state index contributed by atoms with van der Waals surface area (Å²) < 4.78 is 12.7. The number of amides is 2. The minimum atomic E-state index is -0.0412. The third-order valence-electron chi connectivity index (χ3n) is 4.52. The number of carbonyl (C=O) groups excluding carboxylic acids is 1. The Morgan fingerprint density at radius 2 is 2.24 bits per heavy atom. The van der Waals surface area contributed by atoms with Gasteiger partial charge in [0, 0.05) is 43.7 Å². The molecule has 7 nitrogen and oxygen atoms in total. The predicted octanol–water partition coefficient (Wildman–Crippen LogP) is 2.45. The summed E-state index contributed by atoms with van der Waals surface area (Å²) in [5.41, 5.74) is 1.02. The first-order valence-electron chi connectivity index (χ1n) is 8.45. The van der Waals surface area contributed by atoms with Gasteiger partial charge in [-0.05, 0) is 25.0 Å². The van der Waals surface area contributed by atoms with Gasteiger partial charge in [0.1, 0.15) is 11.5 Å². The van der Waals surface area contributed by atoms with Gasteiger partial charge in [-0.1, -0.05) is 0 Å². The van der Waals surface area contributed by atoms with Gasteiger partial charge in [0.05, 0.1) is 26.6 Å². The molecule has 1 saturated heterocycles. The molecule has 1 aliphatic heterocycles. The van der Waals surface area contributed by atoms with Crippen molar-refractivity contribution in [2.24, 2.45) is 0 Å². The third kappa shape index (κ3) is 3.87. The highest BCUT2D eigenvalue weighted by Gasteiger charge is 2.31. The standard InChI is InChI=1S/C18H24N4O3/c1-24-14-5-6-15(17(12-14)25-2)16-4-3-9-22(16)18(23)20-8-11-21-10-7-19-13-21/h5-7,10,12-13,16H,3-4,8-9,11H2,1-2H3,(H,20,23)/t16-/m1/s1. The van der Waals surface area contributed by atoms with E-state index in [2.05, 4.69) is 10.3 Å². The molecule has 2 amide bonds. The number of hydrogen-bond donors (Lipinski definition) is 1. The van der Waals surface area contributed by atoms with Gasteiger partial charge in [0.2, 0.25) is 0 Å². The Labute approximate surface area is 147 Å². The SMILES string of the molecule is COc1ccc([C@H]2CCCN2C(=O)NCCn2ccnc2)c(OC)c1. The minimum absolute atomic E-state index is 0.0223. The fraction of sp³-hybridized carbons (Fsp3) is 0.444. The molecule has 0 bridgehead atoms. The lowest BCUT2D eigenvalue weighted by Gasteiger charge is -2.26. The second-order valence-corrected chi connectivity index (χ2v) is 5.99. The van der Waals surface area contributed by atoms with Crippen molar-refractivity contribution >= 4 is 6.03 Å². The van der Waals surface area contributed by atoms with Crippen molar-refractivity contribution in [3.8, 4) is 11.5 Å². The van der Waals surface area contributed by atoms with Gasteiger partial charge < -0.3 is 24.3 Å². The van der Waals surface area contributed by atoms with E-state index in [4.69, 9.17) is 9.47 Å². The molecule has 1 fully saturated rings. The average molecular weight is 344 g/mol. The molecule has 0 unspecified atom stereocenters. The normalized spacial score (nSPS) is 16.7. The van der Waals surface area contributed by atoms with Crippen molar-refractivity contribution < 1.29 is 14.3 Å². The molecule has 2 heterocycles. The predicted molar refractivity (Wildman–Crippen MR) is 93.9 cm³/mol. The van der Waals surface area contributed by atoms with Crippen molar-refractivity contribution in [3.05, 3.63) is 42.5 Å². The van der Waals surface area contributed by atoms with Crippen LogP contribution in [0, 0.1) is 0 Å². The Hall–Kier alpha value is -2.70. The van der Waals surface area contributed by atoms with Crippen LogP contribution in [0.25, 0.3) is 0 Å². The van der Waals surface area contributed by atoms with Crippen LogP contribution in [0.5, 0.6) is 11.5 Å². The number of nitrogens with one attached hydrogen (secondary N) is 1. The lowest BCUT2D eigenvalue weighted by atomic mass is 10.0. The minimum Gasteiger partial charge on any atom is -0.497 e. The molecule has 3 rings (SSSR count). The average Bonchev–Trinajstić information content (AvgIpc) is 3.32. The van der Waals surface area contributed by atoms with Crippen LogP contribution in [0.3, 0.4) is 0 Å². The molecular weight excluding hydrogens is 320 g/mol. The van der Waals surface area contributed by atoms with Crippen molar-refractivity contribution in [3.63, 3.8) is 0 Å². The number of nitrogens with zero attached hydrogens (tertiary/aromatic N) is 3. The van der Waals surface area contributed by atoms with E-state index in [1.165, 1.54) is 0 Å². The summed E-state index contributed by atoms with van der Waals surface area (Å²) in [4.78, 5) is 18.5. The molecule has 1 aliphatic rings. The van der Waals surface area contributed by atoms with Crippen LogP contribution in [0.4, 0.5) is 4.79 Å². The number of likely N-dealkylation sites (tertiary alicyclic amines) is 1. The molecule has 134 valence electrons. The Morgan fingerprint density at radius 1 is 1.36 bits per heavy atom. The van der Waals surface area contributed by atoms with E-state index >= 15 is 0 Å². The van der Waals surface area contributed by atoms with Crippen molar-refractivity contribution in [1.29, 1.82) is 0 Å². The van der Waals surface area contributed by atoms with E-state index in [9.17, 15) is 4.79 Å². The maximum absolute atomic E-state index is 12.6. The Morgan fingerprint density at radius 3 is 2.96 bits per heavy atom. The van der Waals surface area contributed by atoms with Crippen molar-refractivity contribution in [1.82, 2.24) is 19.8 Å². The Balaban J connectivity index is 1.66. The van der Waals surface area contributed by atoms with Gasteiger partial charge in [-0.15, -0.1) is 0 Å². The maximum Gasteiger partial charge on any atom is 0.317 e. The summed E-state index contributed by atoms with van der Waals surface area (Å²) in [6.07, 6.45) is 7.26. The Kier molecular flexibility index (Phi) is 5.42. The highest BCUT2D eigenvalue weighted by molar-refractivity contribution is 5.75. The second kappa shape index (κ2) is 7.92. The van der Waals surface area contributed by atoms with Crippen LogP contribution in [-0.2, 0) is 6.54 Å². The fourth-order valence-corrected chi connectivity index (χ4v) is 3.24. The molecule has 1 aromatic carbocycles. The van der Waals surface area contributed by atoms with Crippen LogP contribution < -0.4 is 14.8 Å². The molecule has 25 heavy (non-hydrogen) atoms. The Bertz CT molecular complexity index is 702. The summed E-state index contributed by atoms with van der Waals surface area (Å²) >= 11 is 0. The van der Waals surface area contributed by atoms with Crippen LogP contribution in [-0.4, -0.2) is 47.8 Å². The highest BCUT2D eigenvalue weighted by atomic mass is 16.5. The smallest absolute Gasteiger partial charge is 0.317 e. The van der Waals surface area contributed by atoms with Crippen LogP contribution in [0.2, 0.25) is 0 Å². The first kappa shape index (κ1) is 17.1. The summed E-state index contributed by atoms with van der Waals surface area (Å²) in [5.74, 6) is 1.50. The van der Waals surface area contributed by atoms with Crippen LogP contribution >= 0.6 is 0 Å². The van der Waals surface area contributed by atoms with Crippen molar-refractivity contribution in [2.75, 3.05) is 27.3 Å². The molecule has 2 aromatic rings. The number of aromatic nitrogens is 2. The lowest BCUT2D eigenvalue weighted by Crippen LogP contribution is -2.40. The highest BCUT2D eigenvalue weighted by Crippen LogP contribution is 2.38. The number of imidazole rings is 1. The number of ether oxygens (including phenoxy) is 2. The zero-order valence-corrected chi connectivity index (χ0v) is 14.6. The third-order valence-corrected chi connectivity index (χ3v) is 4.52. The van der Waals surface area contributed by atoms with Crippen molar-refractivity contribution in [2.45, 2.75) is 25.4 Å². The number of hydrogen-bond acceptors (Lipinski definition) is 4. The number of urea groups is 1. The summed E-state index contributed by atoms with van der Waals surface area (Å²) in [6.45, 7) is 2.02. The molecule has 7 heteroatoms. The van der Waals surface area contributed by atoms with Gasteiger partial charge in [-0.3, -0.25) is 0 Å². The van der Waals surface area contributed by atoms with Gasteiger partial charge in [0.25, 0.3) is 0 Å². The first-order valence-corrected chi connectivity index (χ1v) is 8.45. The maximum atomic E-state index is 12.6. The summed E-state index contributed by atoms with van der Waals surface area (Å²) in [6, 6.07) is 5.74. The second-order valence-electron chi connectivity index (χ2n) is 5.99. The molecule has 1 aromatic heterocycles. The molecule has 0 spiro atoms. The van der Waals surface area contributed by atoms with E-state index in [-0.39, 0.29) is 12.1 Å². The molecule has 1 N–H and O–H groups in total. The first-order chi connectivity index (χ1) is 12.2. The fourth-order valence-electron chi connectivity index (χ4n) is 3.24. The van der Waals surface area contributed by atoms with Gasteiger partial charge in [-0.25, -0.2) is 9.78 Å². The molecular formula is C18H24N4O3. The van der Waals surface area contributed by atoms with Crippen LogP contribution in [0.1, 0.15) is 24.4 Å². The molecule has 1 atom stereocenters. The van der Waals surface area contributed by atoms with E-state index in [1.54, 1.807) is 26.7 Å². The largest absolute Gasteiger partial charge is 0.497 e. The van der Waals surface area contributed by atoms with Crippen LogP contribution in [0.15, 0.2) is 36.9 Å². The molecule has 0 saturated carbocycles. The lowest BCUT2D eigenvalue weighted by molar-refractivity contribution is 0.191. The van der Waals surface area contributed by atoms with E-state index in [1.807, 2.05) is 33.9 Å². The summed E-state index contributed by atoms with van der Waals surface area (Å²) in [7, 11) is 3.27. The molecule has 0 aliphatic carbocycles. The number of carbonyl (C=O) groups is 1. The quantitative estimate of drug-likeness (QED) is 0.874. The van der Waals surface area contributed by atoms with E-state index < -0.39 is 0 Å². The molecule has 0 radical (unpaired) electrons. The number of benzene rings is 1. The topological polar surface area (TPSA) is 68.6 Å². The van der Waals surface area contributed by atoms with Gasteiger partial charge in [0.15, 0.2) is 0 Å². The van der Waals surface area contributed by atoms with E-state index in [0.29, 0.717) is 13.1 Å². The number of rotatable bonds is 6. The van der Waals surface area contributed by atoms with E-state index in [0.717, 1.165) is 36.4 Å². The van der Waals surface area contributed by atoms with Gasteiger partial charge in [-0.2, -0.15) is 0 Å². The summed E-state index contributed by atoms with van der Waals surface area (Å²) in [5, 5.41) is 3.00. The number of methoxy groups -OCH3 is 2. The van der Waals surface area contributed by atoms with Gasteiger partial charge >= 0.3 is 6.03 Å². The zero-order chi connectivity index (χ0) is 17.6.